The highest BCUT2D eigenvalue weighted by atomic mass is 33.1. The Kier molecular flexibility index (Phi) is 29.5. The highest BCUT2D eigenvalue weighted by Gasteiger charge is 2.09. The molecule has 0 rings (SSSR count). The summed E-state index contributed by atoms with van der Waals surface area (Å²) in [5, 5.41) is 3.65. The maximum absolute atomic E-state index is 12.1. The number of rotatable bonds is 27. The molecule has 0 heterocycles. The standard InChI is InChI=1S/C30H57NO2S2/c1-4-7-10-12-14-16-18-20-22-29(23-21-19-17-15-13-11-8-5-2)31-25-24-30(32)33-26-28-35-34-27-9-6-3/h14-17,29,31H,4-13,18-28H2,1-3H3/b16-14-,17-15-. The van der Waals surface area contributed by atoms with Gasteiger partial charge < -0.3 is 10.1 Å². The highest BCUT2D eigenvalue weighted by molar-refractivity contribution is 8.76. The minimum absolute atomic E-state index is 0.0690. The van der Waals surface area contributed by atoms with E-state index in [0.29, 0.717) is 19.1 Å². The first kappa shape index (κ1) is 34.6. The molecule has 35 heavy (non-hydrogen) atoms. The molecule has 0 aromatic rings. The van der Waals surface area contributed by atoms with E-state index in [1.807, 2.05) is 21.6 Å². The zero-order valence-corrected chi connectivity index (χ0v) is 25.0. The zero-order valence-electron chi connectivity index (χ0n) is 23.4. The summed E-state index contributed by atoms with van der Waals surface area (Å²) < 4.78 is 5.41. The third-order valence-electron chi connectivity index (χ3n) is 5.99. The molecular formula is C30H57NO2S2. The van der Waals surface area contributed by atoms with E-state index in [2.05, 4.69) is 50.4 Å². The Morgan fingerprint density at radius 2 is 1.23 bits per heavy atom. The Hall–Kier alpha value is -0.390. The van der Waals surface area contributed by atoms with Gasteiger partial charge in [0.05, 0.1) is 6.42 Å². The summed E-state index contributed by atoms with van der Waals surface area (Å²) in [6.07, 6.45) is 29.9. The largest absolute Gasteiger partial charge is 0.465 e. The number of hydrogen-bond acceptors (Lipinski definition) is 5. The van der Waals surface area contributed by atoms with Crippen molar-refractivity contribution in [3.8, 4) is 0 Å². The normalized spacial score (nSPS) is 11.9. The fourth-order valence-electron chi connectivity index (χ4n) is 3.77. The van der Waals surface area contributed by atoms with Gasteiger partial charge in [0.1, 0.15) is 6.61 Å². The van der Waals surface area contributed by atoms with E-state index in [-0.39, 0.29) is 5.97 Å². The average molecular weight is 528 g/mol. The van der Waals surface area contributed by atoms with Crippen LogP contribution in [0.25, 0.3) is 0 Å². The second-order valence-corrected chi connectivity index (χ2v) is 12.1. The number of carbonyl (C=O) groups excluding carboxylic acids is 1. The van der Waals surface area contributed by atoms with Crippen molar-refractivity contribution in [3.05, 3.63) is 24.3 Å². The molecule has 0 radical (unpaired) electrons. The van der Waals surface area contributed by atoms with Crippen LogP contribution in [0, 0.1) is 0 Å². The predicted molar refractivity (Wildman–Crippen MR) is 161 cm³/mol. The molecule has 0 aromatic carbocycles. The number of allylic oxidation sites excluding steroid dienone is 4. The Bertz CT molecular complexity index is 471. The van der Waals surface area contributed by atoms with Crippen molar-refractivity contribution >= 4 is 27.6 Å². The SMILES string of the molecule is CCCCC/C=C\CCCC(CCC/C=C\CCCCC)NCCC(=O)OCCSSCCCC. The molecule has 0 bridgehead atoms. The lowest BCUT2D eigenvalue weighted by Crippen LogP contribution is -2.31. The molecule has 0 amide bonds. The third kappa shape index (κ3) is 28.0. The fraction of sp³-hybridized carbons (Fsp3) is 0.833. The van der Waals surface area contributed by atoms with Crippen molar-refractivity contribution in [2.45, 2.75) is 136 Å². The van der Waals surface area contributed by atoms with Gasteiger partial charge in [-0.1, -0.05) is 98.8 Å². The number of carbonyl (C=O) groups is 1. The molecule has 0 aromatic heterocycles. The van der Waals surface area contributed by atoms with Gasteiger partial charge in [0.2, 0.25) is 0 Å². The van der Waals surface area contributed by atoms with E-state index >= 15 is 0 Å². The first-order valence-corrected chi connectivity index (χ1v) is 17.2. The van der Waals surface area contributed by atoms with Crippen LogP contribution in [0.1, 0.15) is 130 Å². The Balaban J connectivity index is 4.11. The summed E-state index contributed by atoms with van der Waals surface area (Å²) in [4.78, 5) is 12.1. The topological polar surface area (TPSA) is 38.3 Å². The van der Waals surface area contributed by atoms with Crippen LogP contribution in [0.5, 0.6) is 0 Å². The Labute approximate surface area is 226 Å². The van der Waals surface area contributed by atoms with Gasteiger partial charge in [-0.25, -0.2) is 0 Å². The van der Waals surface area contributed by atoms with E-state index in [0.717, 1.165) is 25.1 Å². The lowest BCUT2D eigenvalue weighted by atomic mass is 10.0. The second-order valence-electron chi connectivity index (χ2n) is 9.42. The van der Waals surface area contributed by atoms with Gasteiger partial charge in [-0.3, -0.25) is 4.79 Å². The molecule has 1 N–H and O–H groups in total. The number of esters is 1. The summed E-state index contributed by atoms with van der Waals surface area (Å²) in [5.41, 5.74) is 0. The van der Waals surface area contributed by atoms with E-state index < -0.39 is 0 Å². The first-order valence-electron chi connectivity index (χ1n) is 14.7. The molecule has 5 heteroatoms. The third-order valence-corrected chi connectivity index (χ3v) is 8.44. The predicted octanol–water partition coefficient (Wildman–Crippen LogP) is 9.67. The van der Waals surface area contributed by atoms with Gasteiger partial charge in [-0.05, 0) is 70.6 Å². The molecule has 0 aliphatic heterocycles. The zero-order chi connectivity index (χ0) is 25.7. The molecule has 0 aliphatic rings. The quantitative estimate of drug-likeness (QED) is 0.0498. The van der Waals surface area contributed by atoms with Crippen LogP contribution in [0.4, 0.5) is 0 Å². The molecule has 0 spiro atoms. The molecule has 0 saturated carbocycles. The summed E-state index contributed by atoms with van der Waals surface area (Å²) in [7, 11) is 3.70. The van der Waals surface area contributed by atoms with Crippen molar-refractivity contribution in [1.29, 1.82) is 0 Å². The number of ether oxygens (including phenoxy) is 1. The molecule has 0 fully saturated rings. The van der Waals surface area contributed by atoms with Crippen molar-refractivity contribution < 1.29 is 9.53 Å². The smallest absolute Gasteiger partial charge is 0.307 e. The number of nitrogens with one attached hydrogen (secondary N) is 1. The van der Waals surface area contributed by atoms with Crippen LogP contribution in [0.15, 0.2) is 24.3 Å². The van der Waals surface area contributed by atoms with Crippen LogP contribution in [0.3, 0.4) is 0 Å². The van der Waals surface area contributed by atoms with E-state index in [1.165, 1.54) is 95.6 Å². The maximum Gasteiger partial charge on any atom is 0.307 e. The van der Waals surface area contributed by atoms with Crippen molar-refractivity contribution in [3.63, 3.8) is 0 Å². The minimum Gasteiger partial charge on any atom is -0.465 e. The van der Waals surface area contributed by atoms with Crippen molar-refractivity contribution in [2.24, 2.45) is 0 Å². The summed E-state index contributed by atoms with van der Waals surface area (Å²) in [6.45, 7) is 7.98. The van der Waals surface area contributed by atoms with E-state index in [9.17, 15) is 4.79 Å². The van der Waals surface area contributed by atoms with Crippen LogP contribution >= 0.6 is 21.6 Å². The highest BCUT2D eigenvalue weighted by Crippen LogP contribution is 2.22. The Morgan fingerprint density at radius 3 is 1.77 bits per heavy atom. The summed E-state index contributed by atoms with van der Waals surface area (Å²) >= 11 is 0. The van der Waals surface area contributed by atoms with Gasteiger partial charge in [0, 0.05) is 24.1 Å². The lowest BCUT2D eigenvalue weighted by Gasteiger charge is -2.18. The van der Waals surface area contributed by atoms with Gasteiger partial charge >= 0.3 is 5.97 Å². The second kappa shape index (κ2) is 29.8. The number of unbranched alkanes of at least 4 members (excludes halogenated alkanes) is 9. The van der Waals surface area contributed by atoms with Crippen molar-refractivity contribution in [2.75, 3.05) is 24.7 Å². The Morgan fingerprint density at radius 1 is 0.714 bits per heavy atom. The fourth-order valence-corrected chi connectivity index (χ4v) is 5.83. The van der Waals surface area contributed by atoms with Crippen LogP contribution in [0.2, 0.25) is 0 Å². The van der Waals surface area contributed by atoms with Gasteiger partial charge in [-0.2, -0.15) is 0 Å². The molecule has 3 nitrogen and oxygen atoms in total. The van der Waals surface area contributed by atoms with Gasteiger partial charge in [0.25, 0.3) is 0 Å². The monoisotopic (exact) mass is 527 g/mol. The van der Waals surface area contributed by atoms with Crippen LogP contribution in [-0.4, -0.2) is 36.7 Å². The molecule has 0 saturated heterocycles. The average Bonchev–Trinajstić information content (AvgIpc) is 2.86. The molecular weight excluding hydrogens is 470 g/mol. The molecule has 0 atom stereocenters. The van der Waals surface area contributed by atoms with E-state index in [1.54, 1.807) is 0 Å². The van der Waals surface area contributed by atoms with Gasteiger partial charge in [-0.15, -0.1) is 0 Å². The maximum atomic E-state index is 12.1. The molecule has 0 aliphatic carbocycles. The lowest BCUT2D eigenvalue weighted by molar-refractivity contribution is -0.142. The van der Waals surface area contributed by atoms with Crippen LogP contribution < -0.4 is 5.32 Å². The molecule has 0 unspecified atom stereocenters. The molecule has 206 valence electrons. The van der Waals surface area contributed by atoms with Gasteiger partial charge in [0.15, 0.2) is 0 Å². The van der Waals surface area contributed by atoms with Crippen LogP contribution in [-0.2, 0) is 9.53 Å². The van der Waals surface area contributed by atoms with E-state index in [4.69, 9.17) is 4.74 Å². The number of hydrogen-bond donors (Lipinski definition) is 1. The summed E-state index contributed by atoms with van der Waals surface area (Å²) in [5.74, 6) is 2.00. The first-order chi connectivity index (χ1) is 17.2. The summed E-state index contributed by atoms with van der Waals surface area (Å²) in [6, 6.07) is 0.496. The minimum atomic E-state index is -0.0690. The van der Waals surface area contributed by atoms with Crippen molar-refractivity contribution in [1.82, 2.24) is 5.32 Å².